The molecule has 53 heavy (non-hydrogen) atoms. The molecule has 0 unspecified atom stereocenters. The molecule has 0 N–H and O–H groups in total. The first kappa shape index (κ1) is 28.6. The maximum Gasteiger partial charge on any atom is 0.175 e. The van der Waals surface area contributed by atoms with Crippen molar-refractivity contribution in [2.45, 2.75) is 5.41 Å². The number of hydrogen-bond donors (Lipinski definition) is 0. The molecule has 12 rings (SSSR count). The predicted octanol–water partition coefficient (Wildman–Crippen LogP) is 13.2. The van der Waals surface area contributed by atoms with Crippen LogP contribution in [0.15, 0.2) is 176 Å². The van der Waals surface area contributed by atoms with Gasteiger partial charge in [-0.05, 0) is 111 Å². The van der Waals surface area contributed by atoms with Crippen LogP contribution in [0, 0.1) is 0 Å². The Balaban J connectivity index is 1.05. The highest BCUT2D eigenvalue weighted by Gasteiger charge is 2.54. The summed E-state index contributed by atoms with van der Waals surface area (Å²) in [6.07, 6.45) is 0. The molecule has 248 valence electrons. The van der Waals surface area contributed by atoms with Gasteiger partial charge in [0.1, 0.15) is 0 Å². The van der Waals surface area contributed by atoms with Crippen LogP contribution in [0.2, 0.25) is 0 Å². The van der Waals surface area contributed by atoms with Crippen LogP contribution in [0.1, 0.15) is 22.3 Å². The number of hydrogen-bond acceptors (Lipinski definition) is 4. The van der Waals surface area contributed by atoms with E-state index in [1.807, 2.05) is 48.5 Å². The van der Waals surface area contributed by atoms with Gasteiger partial charge in [0, 0.05) is 11.3 Å². The summed E-state index contributed by atoms with van der Waals surface area (Å²) < 4.78 is 19.7. The molecule has 0 amide bonds. The molecule has 4 aliphatic rings. The molecule has 2 aliphatic heterocycles. The van der Waals surface area contributed by atoms with Crippen molar-refractivity contribution in [1.29, 1.82) is 0 Å². The molecule has 0 bridgehead atoms. The van der Waals surface area contributed by atoms with Gasteiger partial charge in [-0.3, -0.25) is 0 Å². The summed E-state index contributed by atoms with van der Waals surface area (Å²) in [4.78, 5) is 2.28. The Labute approximate surface area is 306 Å². The van der Waals surface area contributed by atoms with Gasteiger partial charge in [-0.15, -0.1) is 0 Å². The van der Waals surface area contributed by atoms with Crippen LogP contribution in [0.4, 0.5) is 17.1 Å². The highest BCUT2D eigenvalue weighted by molar-refractivity contribution is 5.98. The van der Waals surface area contributed by atoms with Crippen LogP contribution in [-0.2, 0) is 5.41 Å². The largest absolute Gasteiger partial charge is 0.453 e. The predicted molar refractivity (Wildman–Crippen MR) is 210 cm³/mol. The molecule has 8 aromatic carbocycles. The van der Waals surface area contributed by atoms with Crippen LogP contribution in [0.5, 0.6) is 34.5 Å². The number of rotatable bonds is 2. The van der Waals surface area contributed by atoms with Crippen molar-refractivity contribution in [3.05, 3.63) is 198 Å². The quantitative estimate of drug-likeness (QED) is 0.182. The second kappa shape index (κ2) is 10.5. The van der Waals surface area contributed by atoms with Crippen molar-refractivity contribution in [1.82, 2.24) is 0 Å². The van der Waals surface area contributed by atoms with Crippen LogP contribution in [0.25, 0.3) is 33.4 Å². The standard InChI is InChI=1S/C49H29NO3/c1-3-13-37-33(11-1)34-12-2-4-14-38(34)49(37)39-29-31(23-26-35(39)36-27-28-46-48(47(36)49)53-45-20-10-9-19-44(45)52-46)30-21-24-32(25-22-30)50-40-15-5-7-17-42(40)51-43-18-8-6-16-41(43)50/h1-29H. The molecule has 1 spiro atoms. The fraction of sp³-hybridized carbons (Fsp3) is 0.0204. The maximum absolute atomic E-state index is 6.87. The summed E-state index contributed by atoms with van der Waals surface area (Å²) in [5, 5.41) is 0. The summed E-state index contributed by atoms with van der Waals surface area (Å²) >= 11 is 0. The third-order valence-electron chi connectivity index (χ3n) is 11.3. The third-order valence-corrected chi connectivity index (χ3v) is 11.3. The molecule has 2 aliphatic carbocycles. The van der Waals surface area contributed by atoms with E-state index in [9.17, 15) is 0 Å². The van der Waals surface area contributed by atoms with Crippen LogP contribution in [0.3, 0.4) is 0 Å². The third kappa shape index (κ3) is 3.79. The van der Waals surface area contributed by atoms with Gasteiger partial charge in [-0.25, -0.2) is 0 Å². The fourth-order valence-corrected chi connectivity index (χ4v) is 9.17. The highest BCUT2D eigenvalue weighted by atomic mass is 16.6. The Morgan fingerprint density at radius 2 is 0.868 bits per heavy atom. The molecule has 0 saturated carbocycles. The summed E-state index contributed by atoms with van der Waals surface area (Å²) in [6.45, 7) is 0. The molecule has 0 radical (unpaired) electrons. The van der Waals surface area contributed by atoms with E-state index < -0.39 is 5.41 Å². The lowest BCUT2D eigenvalue weighted by Crippen LogP contribution is -2.27. The molecule has 0 atom stereocenters. The smallest absolute Gasteiger partial charge is 0.175 e. The molecule has 4 heteroatoms. The molecular weight excluding hydrogens is 651 g/mol. The first-order valence-corrected chi connectivity index (χ1v) is 18.0. The first-order chi connectivity index (χ1) is 26.3. The molecule has 0 aromatic heterocycles. The van der Waals surface area contributed by atoms with E-state index in [1.54, 1.807) is 0 Å². The lowest BCUT2D eigenvalue weighted by Gasteiger charge is -2.33. The molecule has 0 fully saturated rings. The minimum Gasteiger partial charge on any atom is -0.453 e. The van der Waals surface area contributed by atoms with Gasteiger partial charge in [0.2, 0.25) is 0 Å². The molecule has 2 heterocycles. The average molecular weight is 680 g/mol. The Hall–Kier alpha value is -7.04. The van der Waals surface area contributed by atoms with Gasteiger partial charge < -0.3 is 19.1 Å². The molecule has 4 nitrogen and oxygen atoms in total. The fourth-order valence-electron chi connectivity index (χ4n) is 9.17. The number of ether oxygens (including phenoxy) is 3. The van der Waals surface area contributed by atoms with Gasteiger partial charge >= 0.3 is 0 Å². The van der Waals surface area contributed by atoms with Crippen molar-refractivity contribution in [3.63, 3.8) is 0 Å². The summed E-state index contributed by atoms with van der Waals surface area (Å²) in [7, 11) is 0. The van der Waals surface area contributed by atoms with E-state index in [2.05, 4.69) is 132 Å². The number of para-hydroxylation sites is 6. The van der Waals surface area contributed by atoms with E-state index in [0.29, 0.717) is 0 Å². The van der Waals surface area contributed by atoms with E-state index in [1.165, 1.54) is 38.9 Å². The average Bonchev–Trinajstić information content (AvgIpc) is 3.69. The van der Waals surface area contributed by atoms with Crippen LogP contribution < -0.4 is 19.1 Å². The van der Waals surface area contributed by atoms with Gasteiger partial charge in [-0.2, -0.15) is 0 Å². The molecule has 8 aromatic rings. The summed E-state index contributed by atoms with van der Waals surface area (Å²) in [5.74, 6) is 4.66. The Kier molecular flexibility index (Phi) is 5.67. The summed E-state index contributed by atoms with van der Waals surface area (Å²) in [6, 6.07) is 62.2. The maximum atomic E-state index is 6.87. The van der Waals surface area contributed by atoms with Crippen molar-refractivity contribution >= 4 is 17.1 Å². The van der Waals surface area contributed by atoms with Gasteiger partial charge in [0.25, 0.3) is 0 Å². The minimum absolute atomic E-state index is 0.601. The number of benzene rings is 8. The van der Waals surface area contributed by atoms with Gasteiger partial charge in [0.15, 0.2) is 34.5 Å². The van der Waals surface area contributed by atoms with Crippen molar-refractivity contribution < 1.29 is 14.2 Å². The zero-order valence-electron chi connectivity index (χ0n) is 28.4. The van der Waals surface area contributed by atoms with E-state index in [4.69, 9.17) is 14.2 Å². The Morgan fingerprint density at radius 1 is 0.358 bits per heavy atom. The van der Waals surface area contributed by atoms with Crippen molar-refractivity contribution in [2.24, 2.45) is 0 Å². The number of nitrogens with zero attached hydrogens (tertiary/aromatic N) is 1. The zero-order valence-corrected chi connectivity index (χ0v) is 28.4. The number of fused-ring (bicyclic) bond motifs is 15. The monoisotopic (exact) mass is 679 g/mol. The van der Waals surface area contributed by atoms with Gasteiger partial charge in [0.05, 0.1) is 16.8 Å². The van der Waals surface area contributed by atoms with Crippen LogP contribution >= 0.6 is 0 Å². The topological polar surface area (TPSA) is 30.9 Å². The molecular formula is C49H29NO3. The minimum atomic E-state index is -0.601. The lowest BCUT2D eigenvalue weighted by atomic mass is 9.70. The SMILES string of the molecule is c1ccc2c(c1)Oc1ccc3c(c1O2)C1(c2ccccc2-c2ccccc21)c1cc(-c2ccc(N4c5ccccc5Oc5ccccc54)cc2)ccc1-3. The summed E-state index contributed by atoms with van der Waals surface area (Å²) in [5.41, 5.74) is 14.6. The second-order valence-electron chi connectivity index (χ2n) is 14.0. The zero-order chi connectivity index (χ0) is 34.7. The van der Waals surface area contributed by atoms with Crippen molar-refractivity contribution in [3.8, 4) is 67.9 Å². The van der Waals surface area contributed by atoms with E-state index in [0.717, 1.165) is 68.2 Å². The Morgan fingerprint density at radius 3 is 1.55 bits per heavy atom. The van der Waals surface area contributed by atoms with Crippen molar-refractivity contribution in [2.75, 3.05) is 4.90 Å². The highest BCUT2D eigenvalue weighted by Crippen LogP contribution is 2.67. The Bertz CT molecular complexity index is 2750. The molecule has 0 saturated heterocycles. The van der Waals surface area contributed by atoms with Gasteiger partial charge in [-0.1, -0.05) is 115 Å². The second-order valence-corrected chi connectivity index (χ2v) is 14.0. The van der Waals surface area contributed by atoms with E-state index in [-0.39, 0.29) is 0 Å². The number of anilines is 3. The van der Waals surface area contributed by atoms with Crippen LogP contribution in [-0.4, -0.2) is 0 Å². The lowest BCUT2D eigenvalue weighted by molar-refractivity contribution is 0.354. The van der Waals surface area contributed by atoms with E-state index >= 15 is 0 Å². The normalized spacial score (nSPS) is 14.2. The first-order valence-electron chi connectivity index (χ1n) is 18.0.